The van der Waals surface area contributed by atoms with Crippen molar-refractivity contribution in [1.29, 1.82) is 0 Å². The second-order valence-electron chi connectivity index (χ2n) is 6.25. The van der Waals surface area contributed by atoms with E-state index in [4.69, 9.17) is 10.2 Å². The van der Waals surface area contributed by atoms with Crippen LogP contribution in [-0.4, -0.2) is 66.6 Å². The molecule has 3 amide bonds. The Balaban J connectivity index is -0.000000250. The van der Waals surface area contributed by atoms with Gasteiger partial charge in [-0.2, -0.15) is 0 Å². The first-order valence-electron chi connectivity index (χ1n) is 11.5. The molecule has 208 valence electrons. The van der Waals surface area contributed by atoms with Gasteiger partial charge in [0.25, 0.3) is 5.91 Å². The van der Waals surface area contributed by atoms with E-state index in [0.717, 1.165) is 12.7 Å². The Morgan fingerprint density at radius 3 is 1.89 bits per heavy atom. The second kappa shape index (κ2) is 33.1. The molecular weight excluding hydrogens is 644 g/mol. The number of hydrogen-bond acceptors (Lipinski definition) is 6. The number of carbonyl (C=O) groups is 3. The molecule has 0 saturated heterocycles. The number of terminal acetylenes is 2. The fourth-order valence-corrected chi connectivity index (χ4v) is 2.43. The average molecular weight is 689 g/mol. The van der Waals surface area contributed by atoms with Gasteiger partial charge in [0, 0.05) is 40.4 Å². The number of amides is 3. The molecule has 10 heteroatoms. The van der Waals surface area contributed by atoms with Gasteiger partial charge in [0.15, 0.2) is 0 Å². The summed E-state index contributed by atoms with van der Waals surface area (Å²) in [6.45, 7) is 8.59. The van der Waals surface area contributed by atoms with Crippen molar-refractivity contribution in [3.63, 3.8) is 0 Å². The van der Waals surface area contributed by atoms with Crippen LogP contribution in [0.1, 0.15) is 46.1 Å². The van der Waals surface area contributed by atoms with Crippen molar-refractivity contribution in [3.8, 4) is 25.7 Å². The minimum absolute atomic E-state index is 0. The zero-order valence-electron chi connectivity index (χ0n) is 22.9. The number of carbonyl (C=O) groups excluding carboxylic acids is 3. The second-order valence-corrected chi connectivity index (χ2v) is 6.25. The monoisotopic (exact) mass is 688 g/mol. The number of hydrogen-bond donors (Lipinski definition) is 5. The molecular formula is C27H44N4O5W. The van der Waals surface area contributed by atoms with E-state index >= 15 is 0 Å². The molecule has 1 aromatic carbocycles. The summed E-state index contributed by atoms with van der Waals surface area (Å²) >= 11 is 0. The number of rotatable bonds is 7. The van der Waals surface area contributed by atoms with Crippen molar-refractivity contribution in [2.45, 2.75) is 47.1 Å². The number of aliphatic hydroxyl groups is 2. The molecule has 0 aliphatic carbocycles. The van der Waals surface area contributed by atoms with Crippen LogP contribution in [-0.2, 0) is 42.1 Å². The van der Waals surface area contributed by atoms with Crippen LogP contribution >= 0.6 is 0 Å². The van der Waals surface area contributed by atoms with Crippen LogP contribution in [0.5, 0.6) is 0 Å². The Kier molecular flexibility index (Phi) is 39.4. The molecule has 9 nitrogen and oxygen atoms in total. The smallest absolute Gasteiger partial charge is 0.268 e. The Morgan fingerprint density at radius 2 is 1.46 bits per heavy atom. The number of likely N-dealkylation sites (N-methyl/N-ethyl adjacent to an activating group) is 1. The Labute approximate surface area is 237 Å². The molecule has 0 atom stereocenters. The van der Waals surface area contributed by atoms with Gasteiger partial charge >= 0.3 is 0 Å². The predicted molar refractivity (Wildman–Crippen MR) is 148 cm³/mol. The van der Waals surface area contributed by atoms with Crippen LogP contribution in [0.4, 0.5) is 5.69 Å². The molecule has 1 aromatic rings. The van der Waals surface area contributed by atoms with Crippen molar-refractivity contribution in [2.75, 3.05) is 39.1 Å². The van der Waals surface area contributed by atoms with Crippen LogP contribution in [0.25, 0.3) is 0 Å². The number of nitrogens with zero attached hydrogens (tertiary/aromatic N) is 1. The summed E-state index contributed by atoms with van der Waals surface area (Å²) in [6.07, 6.45) is 19.6. The molecule has 0 saturated carbocycles. The Bertz CT molecular complexity index is 772. The first kappa shape index (κ1) is 44.1. The Hall–Kier alpha value is -2.94. The maximum Gasteiger partial charge on any atom is 0.268 e. The molecule has 0 radical (unpaired) electrons. The van der Waals surface area contributed by atoms with Gasteiger partial charge in [-0.05, 0) is 31.2 Å². The zero-order valence-corrected chi connectivity index (χ0v) is 25.8. The standard InChI is InChI=1S/C17H22N4O4.C3H8.C2H6.2C2H2.CH4O.W/c1-18-10-16(24)21-8-2-3-14(21)17(25)19-9-15(23)20-13-6-4-12(11-22)5-7-13;1-3-2;4*1-2;/h3-7,18,22H,2,8-11H2,1H3,(H,19,25)(H,20,23);3H2,1-2H3;1-2H3;2*1-2H;2H,1H3;. The van der Waals surface area contributed by atoms with E-state index in [2.05, 4.69) is 55.5 Å². The van der Waals surface area contributed by atoms with Crippen molar-refractivity contribution < 1.29 is 45.7 Å². The third-order valence-electron chi connectivity index (χ3n) is 3.67. The first-order chi connectivity index (χ1) is 17.5. The van der Waals surface area contributed by atoms with Crippen molar-refractivity contribution in [3.05, 3.63) is 41.6 Å². The molecule has 1 aliphatic heterocycles. The molecule has 0 aromatic heterocycles. The van der Waals surface area contributed by atoms with Gasteiger partial charge in [-0.25, -0.2) is 0 Å². The molecule has 0 unspecified atom stereocenters. The minimum atomic E-state index is -0.451. The van der Waals surface area contributed by atoms with Crippen LogP contribution in [0, 0.1) is 25.7 Å². The minimum Gasteiger partial charge on any atom is -0.400 e. The summed E-state index contributed by atoms with van der Waals surface area (Å²) in [6, 6.07) is 6.73. The van der Waals surface area contributed by atoms with E-state index in [1.807, 2.05) is 13.8 Å². The van der Waals surface area contributed by atoms with Gasteiger partial charge in [0.05, 0.1) is 19.7 Å². The third-order valence-corrected chi connectivity index (χ3v) is 3.67. The van der Waals surface area contributed by atoms with Crippen LogP contribution in [0.15, 0.2) is 36.0 Å². The van der Waals surface area contributed by atoms with Gasteiger partial charge in [0.2, 0.25) is 11.8 Å². The molecule has 0 spiro atoms. The number of anilines is 1. The van der Waals surface area contributed by atoms with E-state index < -0.39 is 5.91 Å². The molecule has 37 heavy (non-hydrogen) atoms. The zero-order chi connectivity index (χ0) is 28.9. The van der Waals surface area contributed by atoms with E-state index in [1.54, 1.807) is 37.4 Å². The number of benzene rings is 1. The average Bonchev–Trinajstić information content (AvgIpc) is 3.43. The molecule has 5 N–H and O–H groups in total. The van der Waals surface area contributed by atoms with Crippen LogP contribution in [0.2, 0.25) is 0 Å². The SMILES string of the molecule is C#C.C#C.CC.CCC.CNCC(=O)N1CCC=C1C(=O)NCC(=O)Nc1ccc(CO)cc1.CO.[W]. The topological polar surface area (TPSA) is 131 Å². The fraction of sp³-hybridized carbons (Fsp3) is 0.444. The summed E-state index contributed by atoms with van der Waals surface area (Å²) in [7, 11) is 2.66. The summed E-state index contributed by atoms with van der Waals surface area (Å²) in [4.78, 5) is 37.5. The Morgan fingerprint density at radius 1 is 0.973 bits per heavy atom. The molecule has 1 heterocycles. The molecule has 0 fully saturated rings. The van der Waals surface area contributed by atoms with Gasteiger partial charge in [-0.3, -0.25) is 14.4 Å². The van der Waals surface area contributed by atoms with Crippen molar-refractivity contribution in [1.82, 2.24) is 15.5 Å². The molecule has 0 bridgehead atoms. The molecule has 1 aliphatic rings. The maximum absolute atomic E-state index is 12.2. The fourth-order valence-electron chi connectivity index (χ4n) is 2.43. The molecule has 2 rings (SSSR count). The normalized spacial score (nSPS) is 9.95. The summed E-state index contributed by atoms with van der Waals surface area (Å²) in [5.41, 5.74) is 1.59. The van der Waals surface area contributed by atoms with Gasteiger partial charge in [0.1, 0.15) is 5.70 Å². The number of nitrogens with one attached hydrogen (secondary N) is 3. The van der Waals surface area contributed by atoms with Crippen molar-refractivity contribution >= 4 is 23.4 Å². The summed E-state index contributed by atoms with van der Waals surface area (Å²) in [5.74, 6) is -1.01. The number of aliphatic hydroxyl groups excluding tert-OH is 2. The quantitative estimate of drug-likeness (QED) is 0.279. The van der Waals surface area contributed by atoms with E-state index in [9.17, 15) is 14.4 Å². The largest absolute Gasteiger partial charge is 0.400 e. The third kappa shape index (κ3) is 20.9. The first-order valence-corrected chi connectivity index (χ1v) is 11.5. The van der Waals surface area contributed by atoms with Crippen LogP contribution < -0.4 is 16.0 Å². The predicted octanol–water partition coefficient (Wildman–Crippen LogP) is 2.12. The summed E-state index contributed by atoms with van der Waals surface area (Å²) in [5, 5.41) is 23.9. The van der Waals surface area contributed by atoms with Gasteiger partial charge in [-0.1, -0.05) is 52.3 Å². The summed E-state index contributed by atoms with van der Waals surface area (Å²) < 4.78 is 0. The van der Waals surface area contributed by atoms with Gasteiger partial charge in [-0.15, -0.1) is 25.7 Å². The van der Waals surface area contributed by atoms with Crippen molar-refractivity contribution in [2.24, 2.45) is 0 Å². The van der Waals surface area contributed by atoms with Crippen LogP contribution in [0.3, 0.4) is 0 Å². The van der Waals surface area contributed by atoms with Gasteiger partial charge < -0.3 is 31.1 Å². The van der Waals surface area contributed by atoms with E-state index in [1.165, 1.54) is 11.3 Å². The maximum atomic E-state index is 12.2. The van der Waals surface area contributed by atoms with E-state index in [-0.39, 0.29) is 58.3 Å². The van der Waals surface area contributed by atoms with E-state index in [0.29, 0.717) is 18.7 Å².